The molecule has 0 radical (unpaired) electrons. The van der Waals surface area contributed by atoms with Crippen molar-refractivity contribution in [2.75, 3.05) is 11.9 Å². The molecule has 0 spiro atoms. The lowest BCUT2D eigenvalue weighted by Crippen LogP contribution is -2.29. The van der Waals surface area contributed by atoms with Crippen LogP contribution in [0.5, 0.6) is 5.75 Å². The highest BCUT2D eigenvalue weighted by Crippen LogP contribution is 2.26. The van der Waals surface area contributed by atoms with Crippen molar-refractivity contribution in [3.63, 3.8) is 0 Å². The number of hydrogen-bond acceptors (Lipinski definition) is 7. The van der Waals surface area contributed by atoms with Gasteiger partial charge in [0.25, 0.3) is 11.8 Å². The topological polar surface area (TPSA) is 101 Å². The summed E-state index contributed by atoms with van der Waals surface area (Å²) >= 11 is 1.14. The van der Waals surface area contributed by atoms with Crippen LogP contribution < -0.4 is 10.1 Å². The van der Waals surface area contributed by atoms with E-state index < -0.39 is 0 Å². The standard InChI is InChI=1S/C22H20N4O4S/c1-14-7-2-5-10-17(14)30-12-6-11-18(27)23-22-25-24-19(31-22)13-26-20(28)15-8-3-4-9-16(15)21(26)29/h2-5,7-10H,6,11-13H2,1H3,(H,23,25,27). The molecule has 1 aliphatic rings. The first-order valence-corrected chi connectivity index (χ1v) is 10.6. The minimum Gasteiger partial charge on any atom is -0.493 e. The van der Waals surface area contributed by atoms with Crippen LogP contribution in [0.4, 0.5) is 5.13 Å². The van der Waals surface area contributed by atoms with Crippen LogP contribution in [0, 0.1) is 6.92 Å². The Kier molecular flexibility index (Phi) is 6.03. The van der Waals surface area contributed by atoms with E-state index in [0.29, 0.717) is 34.3 Å². The number of rotatable bonds is 8. The lowest BCUT2D eigenvalue weighted by molar-refractivity contribution is -0.116. The van der Waals surface area contributed by atoms with Crippen molar-refractivity contribution in [3.05, 3.63) is 70.2 Å². The van der Waals surface area contributed by atoms with Gasteiger partial charge in [-0.2, -0.15) is 0 Å². The molecule has 1 aromatic heterocycles. The first-order chi connectivity index (χ1) is 15.0. The lowest BCUT2D eigenvalue weighted by atomic mass is 10.1. The molecule has 2 aromatic carbocycles. The van der Waals surface area contributed by atoms with E-state index in [1.54, 1.807) is 24.3 Å². The SMILES string of the molecule is Cc1ccccc1OCCCC(=O)Nc1nnc(CN2C(=O)c3ccccc3C2=O)s1. The molecule has 3 aromatic rings. The second-order valence-corrected chi connectivity index (χ2v) is 8.07. The average molecular weight is 436 g/mol. The maximum atomic E-state index is 12.4. The van der Waals surface area contributed by atoms with Crippen molar-refractivity contribution >= 4 is 34.2 Å². The number of aromatic nitrogens is 2. The molecule has 3 amide bonds. The first-order valence-electron chi connectivity index (χ1n) is 9.79. The molecule has 0 unspecified atom stereocenters. The van der Waals surface area contributed by atoms with E-state index in [4.69, 9.17) is 4.74 Å². The Balaban J connectivity index is 1.26. The minimum atomic E-state index is -0.352. The van der Waals surface area contributed by atoms with Gasteiger partial charge in [-0.1, -0.05) is 41.7 Å². The predicted molar refractivity (Wildman–Crippen MR) is 115 cm³/mol. The average Bonchev–Trinajstić information content (AvgIpc) is 3.31. The number of nitrogens with zero attached hydrogens (tertiary/aromatic N) is 3. The van der Waals surface area contributed by atoms with Gasteiger partial charge >= 0.3 is 0 Å². The highest BCUT2D eigenvalue weighted by atomic mass is 32.1. The summed E-state index contributed by atoms with van der Waals surface area (Å²) in [6.07, 6.45) is 0.833. The monoisotopic (exact) mass is 436 g/mol. The number of benzene rings is 2. The zero-order valence-corrected chi connectivity index (χ0v) is 17.6. The summed E-state index contributed by atoms with van der Waals surface area (Å²) in [5.41, 5.74) is 1.82. The van der Waals surface area contributed by atoms with Gasteiger partial charge < -0.3 is 10.1 Å². The van der Waals surface area contributed by atoms with Crippen molar-refractivity contribution in [3.8, 4) is 5.75 Å². The predicted octanol–water partition coefficient (Wildman–Crippen LogP) is 3.44. The van der Waals surface area contributed by atoms with E-state index in [1.807, 2.05) is 31.2 Å². The van der Waals surface area contributed by atoms with Crippen molar-refractivity contribution in [2.45, 2.75) is 26.3 Å². The molecule has 0 fully saturated rings. The van der Waals surface area contributed by atoms with E-state index in [2.05, 4.69) is 15.5 Å². The van der Waals surface area contributed by atoms with Crippen LogP contribution in [-0.2, 0) is 11.3 Å². The number of carbonyl (C=O) groups excluding carboxylic acids is 3. The van der Waals surface area contributed by atoms with Crippen LogP contribution in [0.3, 0.4) is 0 Å². The van der Waals surface area contributed by atoms with Crippen LogP contribution >= 0.6 is 11.3 Å². The molecule has 0 saturated heterocycles. The fourth-order valence-corrected chi connectivity index (χ4v) is 3.95. The Bertz CT molecular complexity index is 1110. The second kappa shape index (κ2) is 9.05. The summed E-state index contributed by atoms with van der Waals surface area (Å²) in [5, 5.41) is 11.4. The molecule has 2 heterocycles. The Hall–Kier alpha value is -3.59. The summed E-state index contributed by atoms with van der Waals surface area (Å²) < 4.78 is 5.69. The smallest absolute Gasteiger partial charge is 0.261 e. The maximum absolute atomic E-state index is 12.4. The number of hydrogen-bond donors (Lipinski definition) is 1. The van der Waals surface area contributed by atoms with Gasteiger partial charge in [0.2, 0.25) is 11.0 Å². The van der Waals surface area contributed by atoms with Gasteiger partial charge in [-0.3, -0.25) is 19.3 Å². The van der Waals surface area contributed by atoms with Crippen LogP contribution in [0.25, 0.3) is 0 Å². The van der Waals surface area contributed by atoms with Gasteiger partial charge in [0.15, 0.2) is 0 Å². The van der Waals surface area contributed by atoms with Gasteiger partial charge in [0.1, 0.15) is 10.8 Å². The molecule has 158 valence electrons. The van der Waals surface area contributed by atoms with E-state index in [-0.39, 0.29) is 30.7 Å². The summed E-state index contributed by atoms with van der Waals surface area (Å²) in [4.78, 5) is 38.2. The van der Waals surface area contributed by atoms with Gasteiger partial charge in [-0.15, -0.1) is 10.2 Å². The molecule has 0 saturated carbocycles. The van der Waals surface area contributed by atoms with E-state index >= 15 is 0 Å². The number of amides is 3. The maximum Gasteiger partial charge on any atom is 0.261 e. The molecule has 0 aliphatic carbocycles. The lowest BCUT2D eigenvalue weighted by Gasteiger charge is -2.10. The quantitative estimate of drug-likeness (QED) is 0.429. The van der Waals surface area contributed by atoms with Gasteiger partial charge in [-0.25, -0.2) is 0 Å². The molecule has 9 heteroatoms. The number of para-hydroxylation sites is 1. The summed E-state index contributed by atoms with van der Waals surface area (Å²) in [7, 11) is 0. The normalized spacial score (nSPS) is 12.7. The first kappa shape index (κ1) is 20.7. The van der Waals surface area contributed by atoms with Gasteiger partial charge in [-0.05, 0) is 37.1 Å². The number of fused-ring (bicyclic) bond motifs is 1. The zero-order chi connectivity index (χ0) is 21.8. The molecule has 8 nitrogen and oxygen atoms in total. The van der Waals surface area contributed by atoms with Crippen molar-refractivity contribution in [1.29, 1.82) is 0 Å². The van der Waals surface area contributed by atoms with Crippen molar-refractivity contribution in [2.24, 2.45) is 0 Å². The number of ether oxygens (including phenoxy) is 1. The highest BCUT2D eigenvalue weighted by molar-refractivity contribution is 7.15. The summed E-state index contributed by atoms with van der Waals surface area (Å²) in [6.45, 7) is 2.42. The summed E-state index contributed by atoms with van der Waals surface area (Å²) in [5.74, 6) is -0.0910. The number of nitrogens with one attached hydrogen (secondary N) is 1. The number of aryl methyl sites for hydroxylation is 1. The number of anilines is 1. The zero-order valence-electron chi connectivity index (χ0n) is 16.8. The van der Waals surface area contributed by atoms with Crippen LogP contribution in [0.15, 0.2) is 48.5 Å². The molecule has 31 heavy (non-hydrogen) atoms. The minimum absolute atomic E-state index is 0.0180. The number of imide groups is 1. The molecular formula is C22H20N4O4S. The third-order valence-electron chi connectivity index (χ3n) is 4.78. The molecule has 0 bridgehead atoms. The van der Waals surface area contributed by atoms with Gasteiger partial charge in [0, 0.05) is 6.42 Å². The molecular weight excluding hydrogens is 416 g/mol. The van der Waals surface area contributed by atoms with Crippen molar-refractivity contribution < 1.29 is 19.1 Å². The molecule has 4 rings (SSSR count). The van der Waals surface area contributed by atoms with E-state index in [0.717, 1.165) is 27.5 Å². The molecule has 1 N–H and O–H groups in total. The van der Waals surface area contributed by atoms with Crippen molar-refractivity contribution in [1.82, 2.24) is 15.1 Å². The van der Waals surface area contributed by atoms with Crippen LogP contribution in [0.2, 0.25) is 0 Å². The van der Waals surface area contributed by atoms with Gasteiger partial charge in [0.05, 0.1) is 24.3 Å². The Labute approximate surface area is 182 Å². The molecule has 1 aliphatic heterocycles. The Morgan fingerprint density at radius 3 is 2.42 bits per heavy atom. The third-order valence-corrected chi connectivity index (χ3v) is 5.61. The molecule has 0 atom stereocenters. The largest absolute Gasteiger partial charge is 0.493 e. The van der Waals surface area contributed by atoms with Crippen LogP contribution in [-0.4, -0.2) is 39.4 Å². The fraction of sp³-hybridized carbons (Fsp3) is 0.227. The van der Waals surface area contributed by atoms with E-state index in [9.17, 15) is 14.4 Å². The third kappa shape index (κ3) is 4.61. The number of carbonyl (C=O) groups is 3. The van der Waals surface area contributed by atoms with E-state index in [1.165, 1.54) is 0 Å². The highest BCUT2D eigenvalue weighted by Gasteiger charge is 2.35. The Morgan fingerprint density at radius 2 is 1.71 bits per heavy atom. The Morgan fingerprint density at radius 1 is 1.03 bits per heavy atom. The second-order valence-electron chi connectivity index (χ2n) is 7.01. The summed E-state index contributed by atoms with van der Waals surface area (Å²) in [6, 6.07) is 14.4. The van der Waals surface area contributed by atoms with Crippen LogP contribution in [0.1, 0.15) is 44.1 Å². The fourth-order valence-electron chi connectivity index (χ4n) is 3.20.